The SMILES string of the molecule is CCOC(=O)Cc1ccc(OC(F)(F)F)cc1[N+](=O)[O-]. The van der Waals surface area contributed by atoms with Crippen LogP contribution in [0.15, 0.2) is 18.2 Å². The van der Waals surface area contributed by atoms with E-state index in [4.69, 9.17) is 0 Å². The van der Waals surface area contributed by atoms with Crippen molar-refractivity contribution < 1.29 is 32.4 Å². The van der Waals surface area contributed by atoms with Crippen LogP contribution in [0.4, 0.5) is 18.9 Å². The summed E-state index contributed by atoms with van der Waals surface area (Å²) >= 11 is 0. The third kappa shape index (κ3) is 4.75. The zero-order chi connectivity index (χ0) is 15.3. The van der Waals surface area contributed by atoms with Gasteiger partial charge in [-0.05, 0) is 19.1 Å². The Balaban J connectivity index is 3.02. The van der Waals surface area contributed by atoms with Crippen molar-refractivity contribution in [3.8, 4) is 5.75 Å². The summed E-state index contributed by atoms with van der Waals surface area (Å²) in [5, 5.41) is 10.8. The maximum Gasteiger partial charge on any atom is 0.573 e. The first kappa shape index (κ1) is 15.7. The Morgan fingerprint density at radius 1 is 1.40 bits per heavy atom. The summed E-state index contributed by atoms with van der Waals surface area (Å²) in [6.07, 6.45) is -5.35. The Labute approximate surface area is 111 Å². The molecule has 0 bridgehead atoms. The Morgan fingerprint density at radius 3 is 2.55 bits per heavy atom. The summed E-state index contributed by atoms with van der Waals surface area (Å²) < 4.78 is 44.3. The van der Waals surface area contributed by atoms with Crippen LogP contribution in [0.1, 0.15) is 12.5 Å². The highest BCUT2D eigenvalue weighted by Gasteiger charge is 2.32. The molecule has 0 fully saturated rings. The van der Waals surface area contributed by atoms with E-state index in [-0.39, 0.29) is 12.2 Å². The zero-order valence-electron chi connectivity index (χ0n) is 10.3. The molecule has 0 heterocycles. The fraction of sp³-hybridized carbons (Fsp3) is 0.364. The van der Waals surface area contributed by atoms with Gasteiger partial charge in [-0.25, -0.2) is 0 Å². The van der Waals surface area contributed by atoms with E-state index >= 15 is 0 Å². The Bertz CT molecular complexity index is 515. The molecule has 0 aromatic heterocycles. The average molecular weight is 293 g/mol. The van der Waals surface area contributed by atoms with Crippen LogP contribution in [0.5, 0.6) is 5.75 Å². The van der Waals surface area contributed by atoms with Gasteiger partial charge in [0.15, 0.2) is 0 Å². The minimum absolute atomic E-state index is 0.0528. The topological polar surface area (TPSA) is 78.7 Å². The molecule has 9 heteroatoms. The van der Waals surface area contributed by atoms with Crippen molar-refractivity contribution in [3.05, 3.63) is 33.9 Å². The van der Waals surface area contributed by atoms with Crippen LogP contribution in [0.2, 0.25) is 0 Å². The van der Waals surface area contributed by atoms with Gasteiger partial charge in [-0.15, -0.1) is 13.2 Å². The van der Waals surface area contributed by atoms with Crippen LogP contribution in [-0.4, -0.2) is 23.9 Å². The van der Waals surface area contributed by atoms with Crippen LogP contribution < -0.4 is 4.74 Å². The molecule has 0 aliphatic rings. The molecule has 0 atom stereocenters. The zero-order valence-corrected chi connectivity index (χ0v) is 10.3. The van der Waals surface area contributed by atoms with E-state index < -0.39 is 35.1 Å². The number of esters is 1. The summed E-state index contributed by atoms with van der Waals surface area (Å²) in [6, 6.07) is 2.53. The third-order valence-electron chi connectivity index (χ3n) is 2.13. The number of nitro groups is 1. The first-order valence-corrected chi connectivity index (χ1v) is 5.41. The lowest BCUT2D eigenvalue weighted by Gasteiger charge is -2.09. The lowest BCUT2D eigenvalue weighted by atomic mass is 10.1. The molecular weight excluding hydrogens is 283 g/mol. The lowest BCUT2D eigenvalue weighted by molar-refractivity contribution is -0.385. The molecule has 20 heavy (non-hydrogen) atoms. The van der Waals surface area contributed by atoms with Gasteiger partial charge < -0.3 is 9.47 Å². The number of nitrogens with zero attached hydrogens (tertiary/aromatic N) is 1. The molecule has 0 aliphatic heterocycles. The summed E-state index contributed by atoms with van der Waals surface area (Å²) in [6.45, 7) is 1.66. The molecule has 0 saturated carbocycles. The second-order valence-electron chi connectivity index (χ2n) is 3.58. The largest absolute Gasteiger partial charge is 0.573 e. The molecule has 110 valence electrons. The highest BCUT2D eigenvalue weighted by atomic mass is 19.4. The van der Waals surface area contributed by atoms with E-state index in [1.54, 1.807) is 6.92 Å². The molecule has 0 aliphatic carbocycles. The van der Waals surface area contributed by atoms with Crippen molar-refractivity contribution in [1.29, 1.82) is 0 Å². The lowest BCUT2D eigenvalue weighted by Crippen LogP contribution is -2.17. The normalized spacial score (nSPS) is 11.0. The predicted octanol–water partition coefficient (Wildman–Crippen LogP) is 2.60. The second kappa shape index (κ2) is 6.22. The standard InChI is InChI=1S/C11H10F3NO5/c1-2-19-10(16)5-7-3-4-8(20-11(12,13)14)6-9(7)15(17)18/h3-4,6H,2,5H2,1H3. The number of alkyl halides is 3. The highest BCUT2D eigenvalue weighted by Crippen LogP contribution is 2.29. The fourth-order valence-corrected chi connectivity index (χ4v) is 1.43. The van der Waals surface area contributed by atoms with Gasteiger partial charge in [-0.3, -0.25) is 14.9 Å². The van der Waals surface area contributed by atoms with E-state index in [2.05, 4.69) is 9.47 Å². The second-order valence-corrected chi connectivity index (χ2v) is 3.58. The highest BCUT2D eigenvalue weighted by molar-refractivity contribution is 5.74. The van der Waals surface area contributed by atoms with Crippen molar-refractivity contribution in [2.75, 3.05) is 6.61 Å². The van der Waals surface area contributed by atoms with Crippen molar-refractivity contribution in [1.82, 2.24) is 0 Å². The van der Waals surface area contributed by atoms with E-state index in [0.717, 1.165) is 12.1 Å². The summed E-state index contributed by atoms with van der Waals surface area (Å²) in [7, 11) is 0. The van der Waals surface area contributed by atoms with Crippen molar-refractivity contribution in [3.63, 3.8) is 0 Å². The third-order valence-corrected chi connectivity index (χ3v) is 2.13. The molecule has 0 radical (unpaired) electrons. The molecular formula is C11H10F3NO5. The molecule has 0 spiro atoms. The van der Waals surface area contributed by atoms with Gasteiger partial charge >= 0.3 is 12.3 Å². The molecule has 0 amide bonds. The summed E-state index contributed by atoms with van der Waals surface area (Å²) in [5.74, 6) is -1.43. The Hall–Kier alpha value is -2.32. The number of rotatable bonds is 5. The predicted molar refractivity (Wildman–Crippen MR) is 60.1 cm³/mol. The number of carbonyl (C=O) groups is 1. The molecule has 1 rings (SSSR count). The Kier molecular flexibility index (Phi) is 4.89. The number of ether oxygens (including phenoxy) is 2. The summed E-state index contributed by atoms with van der Waals surface area (Å²) in [5.41, 5.74) is -0.692. The molecule has 0 saturated heterocycles. The van der Waals surface area contributed by atoms with Gasteiger partial charge in [0.25, 0.3) is 5.69 Å². The van der Waals surface area contributed by atoms with E-state index in [1.807, 2.05) is 0 Å². The molecule has 0 unspecified atom stereocenters. The first-order valence-electron chi connectivity index (χ1n) is 5.41. The summed E-state index contributed by atoms with van der Waals surface area (Å²) in [4.78, 5) is 21.1. The molecule has 0 N–H and O–H groups in total. The van der Waals surface area contributed by atoms with Gasteiger partial charge in [0.05, 0.1) is 24.0 Å². The Morgan fingerprint density at radius 2 is 2.05 bits per heavy atom. The van der Waals surface area contributed by atoms with Crippen LogP contribution in [0.3, 0.4) is 0 Å². The van der Waals surface area contributed by atoms with Gasteiger partial charge in [-0.1, -0.05) is 0 Å². The van der Waals surface area contributed by atoms with Crippen molar-refractivity contribution in [2.24, 2.45) is 0 Å². The van der Waals surface area contributed by atoms with Crippen molar-refractivity contribution in [2.45, 2.75) is 19.7 Å². The molecule has 6 nitrogen and oxygen atoms in total. The minimum atomic E-state index is -4.95. The monoisotopic (exact) mass is 293 g/mol. The van der Waals surface area contributed by atoms with E-state index in [9.17, 15) is 28.1 Å². The maximum absolute atomic E-state index is 12.0. The fourth-order valence-electron chi connectivity index (χ4n) is 1.43. The number of hydrogen-bond acceptors (Lipinski definition) is 5. The van der Waals surface area contributed by atoms with Crippen LogP contribution in [0.25, 0.3) is 0 Å². The van der Waals surface area contributed by atoms with Gasteiger partial charge in [0.2, 0.25) is 0 Å². The van der Waals surface area contributed by atoms with E-state index in [1.165, 1.54) is 0 Å². The minimum Gasteiger partial charge on any atom is -0.466 e. The van der Waals surface area contributed by atoms with Crippen LogP contribution >= 0.6 is 0 Å². The number of carbonyl (C=O) groups excluding carboxylic acids is 1. The average Bonchev–Trinajstić information content (AvgIpc) is 2.29. The van der Waals surface area contributed by atoms with Gasteiger partial charge in [0.1, 0.15) is 5.75 Å². The number of nitro benzene ring substituents is 1. The van der Waals surface area contributed by atoms with Crippen LogP contribution in [-0.2, 0) is 16.0 Å². The van der Waals surface area contributed by atoms with E-state index in [0.29, 0.717) is 6.07 Å². The van der Waals surface area contributed by atoms with Crippen LogP contribution in [0, 0.1) is 10.1 Å². The van der Waals surface area contributed by atoms with Crippen molar-refractivity contribution >= 4 is 11.7 Å². The molecule has 1 aromatic rings. The number of benzene rings is 1. The van der Waals surface area contributed by atoms with Gasteiger partial charge in [-0.2, -0.15) is 0 Å². The number of halogens is 3. The quantitative estimate of drug-likeness (QED) is 0.473. The van der Waals surface area contributed by atoms with Gasteiger partial charge in [0, 0.05) is 5.56 Å². The molecule has 1 aromatic carbocycles. The number of hydrogen-bond donors (Lipinski definition) is 0. The maximum atomic E-state index is 12.0. The smallest absolute Gasteiger partial charge is 0.466 e. The first-order chi connectivity index (χ1) is 9.23.